The molecule has 1 amide bonds. The fourth-order valence-corrected chi connectivity index (χ4v) is 3.96. The molecule has 3 aromatic rings. The molecule has 0 saturated carbocycles. The van der Waals surface area contributed by atoms with Gasteiger partial charge >= 0.3 is 5.97 Å². The molecule has 0 aliphatic heterocycles. The molecule has 3 rings (SSSR count). The van der Waals surface area contributed by atoms with Crippen molar-refractivity contribution in [2.24, 2.45) is 0 Å². The van der Waals surface area contributed by atoms with Gasteiger partial charge in [-0.3, -0.25) is 4.79 Å². The summed E-state index contributed by atoms with van der Waals surface area (Å²) in [5.41, 5.74) is 2.84. The van der Waals surface area contributed by atoms with Crippen LogP contribution in [0.3, 0.4) is 0 Å². The first-order valence-corrected chi connectivity index (χ1v) is 11.4. The second-order valence-corrected chi connectivity index (χ2v) is 8.44. The first-order chi connectivity index (χ1) is 15.4. The van der Waals surface area contributed by atoms with Gasteiger partial charge in [0.15, 0.2) is 0 Å². The third-order valence-electron chi connectivity index (χ3n) is 4.47. The Balaban J connectivity index is 1.84. The second kappa shape index (κ2) is 10.8. The lowest BCUT2D eigenvalue weighted by molar-refractivity contribution is -0.150. The molecule has 0 unspecified atom stereocenters. The van der Waals surface area contributed by atoms with Gasteiger partial charge in [-0.15, -0.1) is 16.4 Å². The van der Waals surface area contributed by atoms with Gasteiger partial charge in [0, 0.05) is 24.7 Å². The van der Waals surface area contributed by atoms with Crippen LogP contribution in [-0.2, 0) is 14.4 Å². The van der Waals surface area contributed by atoms with E-state index >= 15 is 0 Å². The normalized spacial score (nSPS) is 10.6. The van der Waals surface area contributed by atoms with Gasteiger partial charge in [-0.25, -0.2) is 19.7 Å². The van der Waals surface area contributed by atoms with Crippen LogP contribution in [0.2, 0.25) is 0 Å². The van der Waals surface area contributed by atoms with Crippen molar-refractivity contribution in [1.82, 2.24) is 15.0 Å². The fraction of sp³-hybridized carbons (Fsp3) is 0.348. The summed E-state index contributed by atoms with van der Waals surface area (Å²) in [7, 11) is 0. The van der Waals surface area contributed by atoms with E-state index in [1.165, 1.54) is 0 Å². The van der Waals surface area contributed by atoms with E-state index in [4.69, 9.17) is 4.84 Å². The third kappa shape index (κ3) is 5.88. The Morgan fingerprint density at radius 1 is 1.09 bits per heavy atom. The summed E-state index contributed by atoms with van der Waals surface area (Å²) >= 11 is 1.58. The Labute approximate surface area is 191 Å². The van der Waals surface area contributed by atoms with Crippen molar-refractivity contribution in [1.29, 1.82) is 0 Å². The molecule has 0 saturated heterocycles. The molecule has 0 fully saturated rings. The van der Waals surface area contributed by atoms with E-state index in [1.54, 1.807) is 35.7 Å². The Morgan fingerprint density at radius 3 is 2.56 bits per heavy atom. The Hall–Kier alpha value is -3.33. The molecule has 1 aromatic carbocycles. The molecular weight excluding hydrogens is 426 g/mol. The van der Waals surface area contributed by atoms with E-state index in [9.17, 15) is 9.59 Å². The molecule has 32 heavy (non-hydrogen) atoms. The summed E-state index contributed by atoms with van der Waals surface area (Å²) in [4.78, 5) is 44.4. The fourth-order valence-electron chi connectivity index (χ4n) is 3.07. The van der Waals surface area contributed by atoms with Crippen LogP contribution in [0.25, 0.3) is 10.6 Å². The van der Waals surface area contributed by atoms with Gasteiger partial charge in [0.25, 0.3) is 5.91 Å². The molecule has 0 atom stereocenters. The smallest absolute Gasteiger partial charge is 0.333 e. The van der Waals surface area contributed by atoms with Crippen LogP contribution in [0.5, 0.6) is 0 Å². The largest absolute Gasteiger partial charge is 0.333 e. The van der Waals surface area contributed by atoms with Gasteiger partial charge in [-0.1, -0.05) is 19.9 Å². The number of carbonyl (C=O) groups is 2. The average molecular weight is 454 g/mol. The molecule has 0 bridgehead atoms. The predicted molar refractivity (Wildman–Crippen MR) is 126 cm³/mol. The van der Waals surface area contributed by atoms with Crippen molar-refractivity contribution in [3.63, 3.8) is 0 Å². The lowest BCUT2D eigenvalue weighted by Gasteiger charge is -2.21. The molecule has 0 aliphatic carbocycles. The molecule has 2 aromatic heterocycles. The van der Waals surface area contributed by atoms with Crippen molar-refractivity contribution in [2.75, 3.05) is 10.4 Å². The highest BCUT2D eigenvalue weighted by molar-refractivity contribution is 7.15. The number of hydrogen-bond acceptors (Lipinski definition) is 8. The summed E-state index contributed by atoms with van der Waals surface area (Å²) in [6.07, 6.45) is 3.49. The summed E-state index contributed by atoms with van der Waals surface area (Å²) in [5.74, 6) is -0.301. The SMILES string of the molecule is CCCC(=O)ON(C(=O)CCC)c1cccc(Nc2nccc(-c3sc(C)nc3C)n2)c1. The summed E-state index contributed by atoms with van der Waals surface area (Å²) in [6, 6.07) is 8.90. The van der Waals surface area contributed by atoms with E-state index in [0.717, 1.165) is 26.3 Å². The van der Waals surface area contributed by atoms with Crippen molar-refractivity contribution < 1.29 is 14.4 Å². The molecular formula is C23H27N5O3S. The summed E-state index contributed by atoms with van der Waals surface area (Å²) < 4.78 is 0. The minimum Gasteiger partial charge on any atom is -0.333 e. The van der Waals surface area contributed by atoms with Crippen LogP contribution in [0, 0.1) is 13.8 Å². The highest BCUT2D eigenvalue weighted by atomic mass is 32.1. The first kappa shape index (κ1) is 23.3. The molecule has 9 heteroatoms. The second-order valence-electron chi connectivity index (χ2n) is 7.24. The van der Waals surface area contributed by atoms with Gasteiger partial charge in [0.05, 0.1) is 27.0 Å². The van der Waals surface area contributed by atoms with Crippen molar-refractivity contribution >= 4 is 40.5 Å². The molecule has 168 valence electrons. The number of rotatable bonds is 8. The van der Waals surface area contributed by atoms with Gasteiger partial charge in [0.1, 0.15) is 0 Å². The number of aryl methyl sites for hydroxylation is 2. The van der Waals surface area contributed by atoms with Crippen LogP contribution in [0.15, 0.2) is 36.5 Å². The molecule has 1 N–H and O–H groups in total. The van der Waals surface area contributed by atoms with Crippen molar-refractivity contribution in [3.8, 4) is 10.6 Å². The lowest BCUT2D eigenvalue weighted by atomic mass is 10.2. The van der Waals surface area contributed by atoms with Crippen LogP contribution < -0.4 is 10.4 Å². The standard InChI is InChI=1S/C23H27N5O3S/c1-5-8-20(29)28(31-21(30)9-6-2)18-11-7-10-17(14-18)26-23-24-13-12-19(27-23)22-15(3)25-16(4)32-22/h7,10-14H,5-6,8-9H2,1-4H3,(H,24,26,27). The summed E-state index contributed by atoms with van der Waals surface area (Å²) in [5, 5.41) is 5.22. The molecule has 0 radical (unpaired) electrons. The van der Waals surface area contributed by atoms with Gasteiger partial charge in [-0.2, -0.15) is 0 Å². The van der Waals surface area contributed by atoms with E-state index in [2.05, 4.69) is 20.3 Å². The summed E-state index contributed by atoms with van der Waals surface area (Å²) in [6.45, 7) is 7.71. The number of anilines is 3. The van der Waals surface area contributed by atoms with Crippen LogP contribution in [0.1, 0.15) is 50.2 Å². The Morgan fingerprint density at radius 2 is 1.88 bits per heavy atom. The molecule has 0 aliphatic rings. The quantitative estimate of drug-likeness (QED) is 0.459. The zero-order valence-corrected chi connectivity index (χ0v) is 19.5. The number of hydrogen-bond donors (Lipinski definition) is 1. The van der Waals surface area contributed by atoms with E-state index < -0.39 is 5.97 Å². The maximum absolute atomic E-state index is 12.6. The van der Waals surface area contributed by atoms with Crippen LogP contribution in [0.4, 0.5) is 17.3 Å². The zero-order valence-electron chi connectivity index (χ0n) is 18.7. The number of benzene rings is 1. The van der Waals surface area contributed by atoms with Crippen LogP contribution in [-0.4, -0.2) is 26.8 Å². The maximum atomic E-state index is 12.6. The molecule has 0 spiro atoms. The minimum atomic E-state index is -0.443. The topological polar surface area (TPSA) is 97.3 Å². The molecule has 2 heterocycles. The minimum absolute atomic E-state index is 0.241. The highest BCUT2D eigenvalue weighted by Gasteiger charge is 2.20. The highest BCUT2D eigenvalue weighted by Crippen LogP contribution is 2.29. The number of hydroxylamine groups is 1. The predicted octanol–water partition coefficient (Wildman–Crippen LogP) is 5.35. The number of nitrogens with zero attached hydrogens (tertiary/aromatic N) is 4. The van der Waals surface area contributed by atoms with Crippen LogP contribution >= 0.6 is 11.3 Å². The average Bonchev–Trinajstić information content (AvgIpc) is 3.10. The monoisotopic (exact) mass is 453 g/mol. The number of thiazole rings is 1. The Kier molecular flexibility index (Phi) is 7.88. The van der Waals surface area contributed by atoms with Gasteiger partial charge in [-0.05, 0) is 51.0 Å². The Bertz CT molecular complexity index is 1100. The van der Waals surface area contributed by atoms with Gasteiger partial charge < -0.3 is 10.2 Å². The number of aromatic nitrogens is 3. The number of amides is 1. The van der Waals surface area contributed by atoms with Crippen molar-refractivity contribution in [3.05, 3.63) is 47.2 Å². The third-order valence-corrected chi connectivity index (χ3v) is 5.56. The van der Waals surface area contributed by atoms with E-state index in [1.807, 2.05) is 39.8 Å². The number of carbonyl (C=O) groups excluding carboxylic acids is 2. The van der Waals surface area contributed by atoms with Crippen molar-refractivity contribution in [2.45, 2.75) is 53.4 Å². The first-order valence-electron chi connectivity index (χ1n) is 10.6. The maximum Gasteiger partial charge on any atom is 0.333 e. The zero-order chi connectivity index (χ0) is 23.1. The van der Waals surface area contributed by atoms with Gasteiger partial charge in [0.2, 0.25) is 5.95 Å². The molecule has 8 nitrogen and oxygen atoms in total. The number of nitrogens with one attached hydrogen (secondary N) is 1. The van der Waals surface area contributed by atoms with E-state index in [-0.39, 0.29) is 18.7 Å². The van der Waals surface area contributed by atoms with E-state index in [0.29, 0.717) is 30.2 Å². The lowest BCUT2D eigenvalue weighted by Crippen LogP contribution is -2.33.